The van der Waals surface area contributed by atoms with Crippen LogP contribution in [0.15, 0.2) is 24.3 Å². The Morgan fingerprint density at radius 1 is 1.30 bits per heavy atom. The van der Waals surface area contributed by atoms with E-state index in [0.29, 0.717) is 0 Å². The van der Waals surface area contributed by atoms with Gasteiger partial charge in [-0.3, -0.25) is 0 Å². The van der Waals surface area contributed by atoms with Gasteiger partial charge in [-0.25, -0.2) is 8.78 Å². The highest BCUT2D eigenvalue weighted by Crippen LogP contribution is 2.40. The zero-order chi connectivity index (χ0) is 14.3. The second kappa shape index (κ2) is 5.43. The molecule has 2 unspecified atom stereocenters. The highest BCUT2D eigenvalue weighted by molar-refractivity contribution is 7.16. The number of nitrogens with one attached hydrogen (secondary N) is 1. The average molecular weight is 314 g/mol. The van der Waals surface area contributed by atoms with Gasteiger partial charge in [0.05, 0.1) is 4.34 Å². The number of fused-ring (bicyclic) bond motifs is 1. The van der Waals surface area contributed by atoms with Gasteiger partial charge in [-0.05, 0) is 49.1 Å². The molecule has 1 aromatic heterocycles. The van der Waals surface area contributed by atoms with E-state index in [2.05, 4.69) is 5.32 Å². The van der Waals surface area contributed by atoms with Crippen LogP contribution in [0.5, 0.6) is 0 Å². The van der Waals surface area contributed by atoms with Crippen LogP contribution < -0.4 is 5.32 Å². The topological polar surface area (TPSA) is 12.0 Å². The number of thiophene rings is 1. The van der Waals surface area contributed by atoms with Crippen molar-refractivity contribution in [3.05, 3.63) is 56.2 Å². The number of hydrogen-bond donors (Lipinski definition) is 1. The quantitative estimate of drug-likeness (QED) is 0.839. The Morgan fingerprint density at radius 3 is 2.85 bits per heavy atom. The molecule has 2 aromatic rings. The molecule has 106 valence electrons. The van der Waals surface area contributed by atoms with E-state index in [-0.39, 0.29) is 12.1 Å². The van der Waals surface area contributed by atoms with Crippen LogP contribution in [0.1, 0.15) is 41.4 Å². The Balaban J connectivity index is 1.76. The lowest BCUT2D eigenvalue weighted by Gasteiger charge is -2.20. The van der Waals surface area contributed by atoms with Crippen LogP contribution in [-0.2, 0) is 6.42 Å². The molecule has 1 heterocycles. The third kappa shape index (κ3) is 2.60. The molecule has 1 N–H and O–H groups in total. The van der Waals surface area contributed by atoms with Crippen LogP contribution in [0.3, 0.4) is 0 Å². The molecule has 1 nitrogen and oxygen atoms in total. The Morgan fingerprint density at radius 2 is 2.10 bits per heavy atom. The minimum atomic E-state index is -0.811. The van der Waals surface area contributed by atoms with E-state index in [0.717, 1.165) is 22.7 Å². The maximum Gasteiger partial charge on any atom is 0.159 e. The van der Waals surface area contributed by atoms with E-state index < -0.39 is 11.6 Å². The van der Waals surface area contributed by atoms with Crippen LogP contribution in [-0.4, -0.2) is 0 Å². The maximum absolute atomic E-state index is 13.3. The summed E-state index contributed by atoms with van der Waals surface area (Å²) in [6, 6.07) is 6.24. The summed E-state index contributed by atoms with van der Waals surface area (Å²) in [7, 11) is 0. The van der Waals surface area contributed by atoms with Crippen molar-refractivity contribution in [1.29, 1.82) is 0 Å². The summed E-state index contributed by atoms with van der Waals surface area (Å²) in [6.07, 6.45) is 2.04. The number of halogens is 3. The van der Waals surface area contributed by atoms with Crippen molar-refractivity contribution in [3.8, 4) is 0 Å². The largest absolute Gasteiger partial charge is 0.303 e. The molecule has 0 saturated heterocycles. The molecule has 0 fully saturated rings. The normalized spacial score (nSPS) is 19.1. The van der Waals surface area contributed by atoms with Crippen molar-refractivity contribution in [1.82, 2.24) is 5.32 Å². The third-order valence-corrected chi connectivity index (χ3v) is 5.08. The second-order valence-corrected chi connectivity index (χ2v) is 6.85. The van der Waals surface area contributed by atoms with Gasteiger partial charge in [-0.1, -0.05) is 17.7 Å². The molecule has 3 rings (SSSR count). The molecule has 0 aliphatic heterocycles. The Bertz CT molecular complexity index is 641. The molecule has 2 atom stereocenters. The highest BCUT2D eigenvalue weighted by Gasteiger charge is 2.26. The summed E-state index contributed by atoms with van der Waals surface area (Å²) in [5, 5.41) is 3.47. The molecular formula is C15H14ClF2NS. The van der Waals surface area contributed by atoms with Gasteiger partial charge in [0.1, 0.15) is 0 Å². The molecule has 1 aliphatic carbocycles. The maximum atomic E-state index is 13.3. The van der Waals surface area contributed by atoms with E-state index in [1.165, 1.54) is 22.6 Å². The first-order chi connectivity index (χ1) is 9.54. The number of hydrogen-bond acceptors (Lipinski definition) is 2. The first kappa shape index (κ1) is 14.0. The van der Waals surface area contributed by atoms with Gasteiger partial charge in [0, 0.05) is 17.0 Å². The van der Waals surface area contributed by atoms with Crippen molar-refractivity contribution in [2.45, 2.75) is 31.8 Å². The van der Waals surface area contributed by atoms with E-state index in [9.17, 15) is 8.78 Å². The molecule has 0 radical (unpaired) electrons. The van der Waals surface area contributed by atoms with Crippen molar-refractivity contribution in [2.24, 2.45) is 0 Å². The van der Waals surface area contributed by atoms with E-state index in [1.807, 2.05) is 13.0 Å². The summed E-state index contributed by atoms with van der Waals surface area (Å²) in [6.45, 7) is 1.96. The third-order valence-electron chi connectivity index (χ3n) is 3.74. The van der Waals surface area contributed by atoms with E-state index in [1.54, 1.807) is 17.4 Å². The monoisotopic (exact) mass is 313 g/mol. The summed E-state index contributed by atoms with van der Waals surface area (Å²) >= 11 is 7.66. The minimum Gasteiger partial charge on any atom is -0.303 e. The van der Waals surface area contributed by atoms with E-state index in [4.69, 9.17) is 11.6 Å². The summed E-state index contributed by atoms with van der Waals surface area (Å²) in [5.74, 6) is -1.62. The summed E-state index contributed by atoms with van der Waals surface area (Å²) < 4.78 is 27.0. The fourth-order valence-electron chi connectivity index (χ4n) is 2.68. The lowest BCUT2D eigenvalue weighted by atomic mass is 10.1. The Labute approximate surface area is 125 Å². The van der Waals surface area contributed by atoms with Crippen LogP contribution in [0.4, 0.5) is 8.78 Å². The summed E-state index contributed by atoms with van der Waals surface area (Å²) in [4.78, 5) is 1.32. The lowest BCUT2D eigenvalue weighted by molar-refractivity contribution is 0.458. The highest BCUT2D eigenvalue weighted by atomic mass is 35.5. The van der Waals surface area contributed by atoms with E-state index >= 15 is 0 Å². The standard InChI is InChI=1S/C15H14ClF2NS/c1-8(9-2-3-11(17)12(18)6-9)19-13-4-5-14-10(13)7-15(16)20-14/h2-3,6-8,13,19H,4-5H2,1H3. The molecule has 0 amide bonds. The first-order valence-corrected chi connectivity index (χ1v) is 7.73. The van der Waals surface area contributed by atoms with Gasteiger partial charge in [0.25, 0.3) is 0 Å². The predicted octanol–water partition coefficient (Wildman–Crippen LogP) is 5.02. The Hall–Kier alpha value is -0.970. The Kier molecular flexibility index (Phi) is 3.80. The molecule has 0 bridgehead atoms. The van der Waals surface area contributed by atoms with Gasteiger partial charge in [0.2, 0.25) is 0 Å². The number of benzene rings is 1. The van der Waals surface area contributed by atoms with Gasteiger partial charge in [-0.2, -0.15) is 0 Å². The summed E-state index contributed by atoms with van der Waals surface area (Å²) in [5.41, 5.74) is 1.99. The van der Waals surface area contributed by atoms with Crippen LogP contribution >= 0.6 is 22.9 Å². The van der Waals surface area contributed by atoms with Gasteiger partial charge in [0.15, 0.2) is 11.6 Å². The fraction of sp³-hybridized carbons (Fsp3) is 0.333. The van der Waals surface area contributed by atoms with Crippen molar-refractivity contribution in [3.63, 3.8) is 0 Å². The molecule has 20 heavy (non-hydrogen) atoms. The fourth-order valence-corrected chi connectivity index (χ4v) is 4.04. The molecule has 1 aliphatic rings. The van der Waals surface area contributed by atoms with Gasteiger partial charge in [-0.15, -0.1) is 11.3 Å². The molecular weight excluding hydrogens is 300 g/mol. The lowest BCUT2D eigenvalue weighted by Crippen LogP contribution is -2.23. The zero-order valence-electron chi connectivity index (χ0n) is 10.9. The minimum absolute atomic E-state index is 0.0419. The number of aryl methyl sites for hydroxylation is 1. The molecule has 1 aromatic carbocycles. The number of rotatable bonds is 3. The smallest absolute Gasteiger partial charge is 0.159 e. The van der Waals surface area contributed by atoms with Crippen molar-refractivity contribution in [2.75, 3.05) is 0 Å². The average Bonchev–Trinajstić information content (AvgIpc) is 2.93. The first-order valence-electron chi connectivity index (χ1n) is 6.53. The van der Waals surface area contributed by atoms with Crippen molar-refractivity contribution < 1.29 is 8.78 Å². The van der Waals surface area contributed by atoms with Gasteiger partial charge >= 0.3 is 0 Å². The molecule has 0 saturated carbocycles. The van der Waals surface area contributed by atoms with Crippen LogP contribution in [0.25, 0.3) is 0 Å². The molecule has 5 heteroatoms. The van der Waals surface area contributed by atoms with Gasteiger partial charge < -0.3 is 5.32 Å². The SMILES string of the molecule is CC(NC1CCc2sc(Cl)cc21)c1ccc(F)c(F)c1. The van der Waals surface area contributed by atoms with Crippen LogP contribution in [0, 0.1) is 11.6 Å². The predicted molar refractivity (Wildman–Crippen MR) is 78.3 cm³/mol. The van der Waals surface area contributed by atoms with Crippen molar-refractivity contribution >= 4 is 22.9 Å². The van der Waals surface area contributed by atoms with Crippen LogP contribution in [0.2, 0.25) is 4.34 Å². The molecule has 0 spiro atoms. The second-order valence-electron chi connectivity index (χ2n) is 5.08. The zero-order valence-corrected chi connectivity index (χ0v) is 12.5.